The molecule has 88 valence electrons. The van der Waals surface area contributed by atoms with E-state index >= 15 is 0 Å². The predicted octanol–water partition coefficient (Wildman–Crippen LogP) is 2.17. The van der Waals surface area contributed by atoms with Crippen LogP contribution in [-0.2, 0) is 4.79 Å². The molecule has 0 spiro atoms. The molecule has 1 saturated heterocycles. The molecule has 1 aromatic carbocycles. The second-order valence-electron chi connectivity index (χ2n) is 3.59. The van der Waals surface area contributed by atoms with Crippen molar-refractivity contribution in [2.45, 2.75) is 22.6 Å². The van der Waals surface area contributed by atoms with E-state index in [4.69, 9.17) is 5.11 Å². The smallest absolute Gasteiger partial charge is 0.320 e. The molecule has 5 heteroatoms. The molecule has 1 aliphatic rings. The van der Waals surface area contributed by atoms with Gasteiger partial charge >= 0.3 is 5.97 Å². The van der Waals surface area contributed by atoms with Gasteiger partial charge in [-0.2, -0.15) is 0 Å². The molecule has 1 aliphatic heterocycles. The SMILES string of the molecule is Br.O=C(O)[C@@H]1CC(Sc2ccccc2)CN1. The summed E-state index contributed by atoms with van der Waals surface area (Å²) >= 11 is 1.75. The number of aliphatic carboxylic acids is 1. The largest absolute Gasteiger partial charge is 0.480 e. The van der Waals surface area contributed by atoms with Crippen LogP contribution < -0.4 is 5.32 Å². The van der Waals surface area contributed by atoms with Gasteiger partial charge in [-0.25, -0.2) is 0 Å². The lowest BCUT2D eigenvalue weighted by Crippen LogP contribution is -2.29. The normalized spacial score (nSPS) is 23.8. The number of carboxylic acid groups (broad SMARTS) is 1. The molecule has 0 amide bonds. The molecule has 2 N–H and O–H groups in total. The van der Waals surface area contributed by atoms with E-state index in [1.807, 2.05) is 18.2 Å². The molecule has 1 aromatic rings. The van der Waals surface area contributed by atoms with Crippen molar-refractivity contribution in [2.24, 2.45) is 0 Å². The van der Waals surface area contributed by atoms with Gasteiger partial charge in [0.2, 0.25) is 0 Å². The standard InChI is InChI=1S/C11H13NO2S.BrH/c13-11(14)10-6-9(7-12-10)15-8-4-2-1-3-5-8;/h1-5,9-10,12H,6-7H2,(H,13,14);1H/t9?,10-;/m0./s1. The van der Waals surface area contributed by atoms with Gasteiger partial charge in [-0.15, -0.1) is 28.7 Å². The van der Waals surface area contributed by atoms with Crippen molar-refractivity contribution in [3.05, 3.63) is 30.3 Å². The Hall–Kier alpha value is -0.520. The number of halogens is 1. The number of carboxylic acids is 1. The molecule has 2 atom stereocenters. The number of carbonyl (C=O) groups is 1. The molecule has 0 aliphatic carbocycles. The van der Waals surface area contributed by atoms with Gasteiger partial charge in [0, 0.05) is 16.7 Å². The number of hydrogen-bond donors (Lipinski definition) is 2. The zero-order chi connectivity index (χ0) is 10.7. The van der Waals surface area contributed by atoms with Crippen LogP contribution in [0.1, 0.15) is 6.42 Å². The molecule has 1 unspecified atom stereocenters. The fourth-order valence-electron chi connectivity index (χ4n) is 1.67. The summed E-state index contributed by atoms with van der Waals surface area (Å²) in [7, 11) is 0. The minimum atomic E-state index is -0.744. The average molecular weight is 304 g/mol. The number of benzene rings is 1. The second kappa shape index (κ2) is 6.27. The van der Waals surface area contributed by atoms with Crippen LogP contribution in [0, 0.1) is 0 Å². The van der Waals surface area contributed by atoms with Crippen LogP contribution in [-0.4, -0.2) is 28.9 Å². The van der Waals surface area contributed by atoms with E-state index in [0.29, 0.717) is 11.7 Å². The van der Waals surface area contributed by atoms with Crippen molar-refractivity contribution < 1.29 is 9.90 Å². The Balaban J connectivity index is 0.00000128. The lowest BCUT2D eigenvalue weighted by Gasteiger charge is -2.07. The van der Waals surface area contributed by atoms with E-state index in [0.717, 1.165) is 6.54 Å². The Morgan fingerprint density at radius 3 is 2.62 bits per heavy atom. The predicted molar refractivity (Wildman–Crippen MR) is 70.5 cm³/mol. The van der Waals surface area contributed by atoms with Crippen LogP contribution in [0.5, 0.6) is 0 Å². The highest BCUT2D eigenvalue weighted by atomic mass is 79.9. The summed E-state index contributed by atoms with van der Waals surface area (Å²) in [6.45, 7) is 0.774. The quantitative estimate of drug-likeness (QED) is 0.898. The summed E-state index contributed by atoms with van der Waals surface area (Å²) in [5, 5.41) is 12.2. The van der Waals surface area contributed by atoms with Crippen LogP contribution in [0.2, 0.25) is 0 Å². The molecule has 0 aromatic heterocycles. The Labute approximate surface area is 109 Å². The third-order valence-electron chi connectivity index (χ3n) is 2.43. The summed E-state index contributed by atoms with van der Waals surface area (Å²) in [4.78, 5) is 11.9. The van der Waals surface area contributed by atoms with Gasteiger partial charge in [-0.1, -0.05) is 18.2 Å². The van der Waals surface area contributed by atoms with Crippen molar-refractivity contribution in [1.29, 1.82) is 0 Å². The number of nitrogens with one attached hydrogen (secondary N) is 1. The monoisotopic (exact) mass is 303 g/mol. The summed E-state index contributed by atoms with van der Waals surface area (Å²) in [6, 6.07) is 9.72. The van der Waals surface area contributed by atoms with E-state index in [9.17, 15) is 4.79 Å². The average Bonchev–Trinajstić information content (AvgIpc) is 2.68. The first kappa shape index (κ1) is 13.5. The highest BCUT2D eigenvalue weighted by Crippen LogP contribution is 2.28. The first-order valence-electron chi connectivity index (χ1n) is 4.93. The molecular formula is C11H14BrNO2S. The highest BCUT2D eigenvalue weighted by molar-refractivity contribution is 8.93. The van der Waals surface area contributed by atoms with E-state index in [1.165, 1.54) is 4.90 Å². The lowest BCUT2D eigenvalue weighted by molar-refractivity contribution is -0.139. The summed E-state index contributed by atoms with van der Waals surface area (Å²) in [5.74, 6) is -0.744. The summed E-state index contributed by atoms with van der Waals surface area (Å²) in [6.07, 6.45) is 0.703. The van der Waals surface area contributed by atoms with Crippen LogP contribution in [0.25, 0.3) is 0 Å². The van der Waals surface area contributed by atoms with Crippen molar-refractivity contribution in [1.82, 2.24) is 5.32 Å². The fourth-order valence-corrected chi connectivity index (χ4v) is 2.84. The van der Waals surface area contributed by atoms with Crippen LogP contribution in [0.15, 0.2) is 35.2 Å². The maximum Gasteiger partial charge on any atom is 0.320 e. The first-order valence-corrected chi connectivity index (χ1v) is 5.81. The molecule has 16 heavy (non-hydrogen) atoms. The van der Waals surface area contributed by atoms with Gasteiger partial charge in [0.1, 0.15) is 6.04 Å². The maximum absolute atomic E-state index is 10.7. The van der Waals surface area contributed by atoms with Gasteiger partial charge in [0.15, 0.2) is 0 Å². The molecule has 0 saturated carbocycles. The zero-order valence-electron chi connectivity index (χ0n) is 8.63. The third-order valence-corrected chi connectivity index (χ3v) is 3.67. The minimum absolute atomic E-state index is 0. The van der Waals surface area contributed by atoms with Gasteiger partial charge in [0.25, 0.3) is 0 Å². The Morgan fingerprint density at radius 1 is 1.38 bits per heavy atom. The fraction of sp³-hybridized carbons (Fsp3) is 0.364. The zero-order valence-corrected chi connectivity index (χ0v) is 11.2. The van der Waals surface area contributed by atoms with Gasteiger partial charge in [-0.3, -0.25) is 4.79 Å². The number of thioether (sulfide) groups is 1. The van der Waals surface area contributed by atoms with Crippen LogP contribution in [0.3, 0.4) is 0 Å². The molecule has 1 fully saturated rings. The number of rotatable bonds is 3. The number of hydrogen-bond acceptors (Lipinski definition) is 3. The van der Waals surface area contributed by atoms with Gasteiger partial charge in [0.05, 0.1) is 0 Å². The third kappa shape index (κ3) is 3.50. The van der Waals surface area contributed by atoms with Crippen molar-refractivity contribution in [3.8, 4) is 0 Å². The molecule has 0 radical (unpaired) electrons. The Kier molecular flexibility index (Phi) is 5.31. The van der Waals surface area contributed by atoms with Gasteiger partial charge < -0.3 is 10.4 Å². The summed E-state index contributed by atoms with van der Waals surface area (Å²) < 4.78 is 0. The first-order chi connectivity index (χ1) is 7.25. The summed E-state index contributed by atoms with van der Waals surface area (Å²) in [5.41, 5.74) is 0. The molecule has 2 rings (SSSR count). The Morgan fingerprint density at radius 2 is 2.06 bits per heavy atom. The maximum atomic E-state index is 10.7. The van der Waals surface area contributed by atoms with Crippen LogP contribution >= 0.6 is 28.7 Å². The molecular weight excluding hydrogens is 290 g/mol. The Bertz CT molecular complexity index is 347. The van der Waals surface area contributed by atoms with Crippen LogP contribution in [0.4, 0.5) is 0 Å². The van der Waals surface area contributed by atoms with Crippen molar-refractivity contribution >= 4 is 34.7 Å². The second-order valence-corrected chi connectivity index (χ2v) is 4.96. The van der Waals surface area contributed by atoms with E-state index in [-0.39, 0.29) is 23.0 Å². The molecule has 3 nitrogen and oxygen atoms in total. The lowest BCUT2D eigenvalue weighted by atomic mass is 10.2. The van der Waals surface area contributed by atoms with Gasteiger partial charge in [-0.05, 0) is 18.6 Å². The van der Waals surface area contributed by atoms with Crippen molar-refractivity contribution in [2.75, 3.05) is 6.54 Å². The van der Waals surface area contributed by atoms with Crippen molar-refractivity contribution in [3.63, 3.8) is 0 Å². The van der Waals surface area contributed by atoms with E-state index in [1.54, 1.807) is 11.8 Å². The topological polar surface area (TPSA) is 49.3 Å². The molecule has 1 heterocycles. The highest BCUT2D eigenvalue weighted by Gasteiger charge is 2.29. The minimum Gasteiger partial charge on any atom is -0.480 e. The van der Waals surface area contributed by atoms with E-state index < -0.39 is 5.97 Å². The van der Waals surface area contributed by atoms with E-state index in [2.05, 4.69) is 17.4 Å². The molecule has 0 bridgehead atoms.